The van der Waals surface area contributed by atoms with Crippen molar-refractivity contribution in [1.82, 2.24) is 0 Å². The molecule has 0 amide bonds. The zero-order valence-corrected chi connectivity index (χ0v) is 11.9. The Hall–Kier alpha value is -2.01. The number of halogens is 1. The van der Waals surface area contributed by atoms with Gasteiger partial charge in [-0.25, -0.2) is 9.59 Å². The predicted octanol–water partition coefficient (Wildman–Crippen LogP) is 2.16. The molecule has 1 aromatic rings. The Kier molecular flexibility index (Phi) is 5.16. The molecule has 0 spiro atoms. The van der Waals surface area contributed by atoms with Crippen molar-refractivity contribution in [3.05, 3.63) is 40.4 Å². The number of ether oxygens (including phenoxy) is 1. The van der Waals surface area contributed by atoms with Crippen molar-refractivity contribution in [3.63, 3.8) is 0 Å². The number of carbonyl (C=O) groups excluding carboxylic acids is 1. The van der Waals surface area contributed by atoms with Crippen LogP contribution < -0.4 is 5.11 Å². The third kappa shape index (κ3) is 3.74. The highest BCUT2D eigenvalue weighted by Crippen LogP contribution is 2.29. The van der Waals surface area contributed by atoms with Crippen LogP contribution in [0.5, 0.6) is 5.75 Å². The summed E-state index contributed by atoms with van der Waals surface area (Å²) in [6.07, 6.45) is -0.591. The molecule has 0 radical (unpaired) electrons. The second-order valence-corrected chi connectivity index (χ2v) is 4.79. The SMILES string of the molecule is C=C(C)C(=O)OC(C)Cc1c(C(=O)O)ccc([O-])c1Cl. The van der Waals surface area contributed by atoms with E-state index in [0.29, 0.717) is 0 Å². The molecule has 0 aromatic heterocycles. The minimum atomic E-state index is -1.19. The Morgan fingerprint density at radius 1 is 1.50 bits per heavy atom. The van der Waals surface area contributed by atoms with Gasteiger partial charge in [-0.15, -0.1) is 0 Å². The van der Waals surface area contributed by atoms with Crippen LogP contribution in [0.1, 0.15) is 29.8 Å². The predicted molar refractivity (Wildman–Crippen MR) is 71.9 cm³/mol. The summed E-state index contributed by atoms with van der Waals surface area (Å²) in [4.78, 5) is 22.5. The maximum atomic E-state index is 11.5. The van der Waals surface area contributed by atoms with Crippen molar-refractivity contribution in [2.24, 2.45) is 0 Å². The first-order valence-electron chi connectivity index (χ1n) is 5.82. The zero-order valence-electron chi connectivity index (χ0n) is 11.1. The molecule has 1 unspecified atom stereocenters. The highest BCUT2D eigenvalue weighted by molar-refractivity contribution is 6.33. The van der Waals surface area contributed by atoms with E-state index in [1.54, 1.807) is 6.92 Å². The van der Waals surface area contributed by atoms with E-state index in [4.69, 9.17) is 21.4 Å². The Labute approximate surface area is 121 Å². The van der Waals surface area contributed by atoms with E-state index < -0.39 is 23.8 Å². The van der Waals surface area contributed by atoms with E-state index in [1.165, 1.54) is 13.0 Å². The first kappa shape index (κ1) is 16.0. The van der Waals surface area contributed by atoms with Crippen LogP contribution in [0.2, 0.25) is 5.02 Å². The summed E-state index contributed by atoms with van der Waals surface area (Å²) in [5, 5.41) is 20.4. The average Bonchev–Trinajstić information content (AvgIpc) is 2.34. The summed E-state index contributed by atoms with van der Waals surface area (Å²) >= 11 is 5.85. The number of hydrogen-bond donors (Lipinski definition) is 1. The summed E-state index contributed by atoms with van der Waals surface area (Å²) < 4.78 is 5.05. The van der Waals surface area contributed by atoms with Gasteiger partial charge in [0.2, 0.25) is 0 Å². The second-order valence-electron chi connectivity index (χ2n) is 4.41. The van der Waals surface area contributed by atoms with Gasteiger partial charge in [0.05, 0.1) is 5.56 Å². The Balaban J connectivity index is 3.02. The molecule has 1 aromatic carbocycles. The van der Waals surface area contributed by atoms with Crippen LogP contribution in [-0.4, -0.2) is 23.1 Å². The van der Waals surface area contributed by atoms with Crippen LogP contribution in [0, 0.1) is 0 Å². The van der Waals surface area contributed by atoms with Crippen LogP contribution >= 0.6 is 11.6 Å². The molecule has 0 saturated carbocycles. The molecular formula is C14H14ClO5-. The van der Waals surface area contributed by atoms with Gasteiger partial charge < -0.3 is 14.9 Å². The summed E-state index contributed by atoms with van der Waals surface area (Å²) in [5.41, 5.74) is 0.320. The molecule has 0 aliphatic heterocycles. The normalized spacial score (nSPS) is 11.8. The van der Waals surface area contributed by atoms with Crippen LogP contribution in [0.25, 0.3) is 0 Å². The van der Waals surface area contributed by atoms with E-state index in [9.17, 15) is 14.7 Å². The number of carbonyl (C=O) groups is 2. The maximum absolute atomic E-state index is 11.5. The van der Waals surface area contributed by atoms with Crippen molar-refractivity contribution in [2.75, 3.05) is 0 Å². The molecule has 0 aliphatic rings. The molecule has 0 bridgehead atoms. The minimum absolute atomic E-state index is 0.0373. The summed E-state index contributed by atoms with van der Waals surface area (Å²) in [5.74, 6) is -2.24. The fraction of sp³-hybridized carbons (Fsp3) is 0.286. The molecule has 20 heavy (non-hydrogen) atoms. The first-order valence-corrected chi connectivity index (χ1v) is 6.20. The van der Waals surface area contributed by atoms with Crippen molar-refractivity contribution < 1.29 is 24.5 Å². The number of aromatic carboxylic acids is 1. The smallest absolute Gasteiger partial charge is 0.336 e. The third-order valence-electron chi connectivity index (χ3n) is 2.59. The second kappa shape index (κ2) is 6.43. The number of benzene rings is 1. The Morgan fingerprint density at radius 3 is 2.60 bits per heavy atom. The number of hydrogen-bond acceptors (Lipinski definition) is 4. The number of carboxylic acid groups (broad SMARTS) is 1. The van der Waals surface area contributed by atoms with Gasteiger partial charge in [0.15, 0.2) is 0 Å². The summed E-state index contributed by atoms with van der Waals surface area (Å²) in [6, 6.07) is 2.29. The van der Waals surface area contributed by atoms with E-state index in [-0.39, 0.29) is 28.1 Å². The number of carboxylic acids is 1. The van der Waals surface area contributed by atoms with Crippen molar-refractivity contribution in [1.29, 1.82) is 0 Å². The van der Waals surface area contributed by atoms with E-state index in [2.05, 4.69) is 6.58 Å². The van der Waals surface area contributed by atoms with Gasteiger partial charge in [-0.05, 0) is 25.5 Å². The fourth-order valence-corrected chi connectivity index (χ4v) is 1.85. The van der Waals surface area contributed by atoms with E-state index >= 15 is 0 Å². The minimum Gasteiger partial charge on any atom is -0.871 e. The zero-order chi connectivity index (χ0) is 15.4. The topological polar surface area (TPSA) is 86.7 Å². The molecule has 6 heteroatoms. The molecule has 0 heterocycles. The highest BCUT2D eigenvalue weighted by atomic mass is 35.5. The molecular weight excluding hydrogens is 284 g/mol. The van der Waals surface area contributed by atoms with Gasteiger partial charge in [-0.2, -0.15) is 0 Å². The Bertz CT molecular complexity index is 565. The lowest BCUT2D eigenvalue weighted by Crippen LogP contribution is -2.19. The van der Waals surface area contributed by atoms with E-state index in [1.807, 2.05) is 0 Å². The monoisotopic (exact) mass is 297 g/mol. The van der Waals surface area contributed by atoms with Gasteiger partial charge in [0.25, 0.3) is 0 Å². The fourth-order valence-electron chi connectivity index (χ4n) is 1.61. The standard InChI is InChI=1S/C14H15ClO5/c1-7(2)14(19)20-8(3)6-10-9(13(17)18)4-5-11(16)12(10)15/h4-5,8,16H,1,6H2,2-3H3,(H,17,18)/p-1. The average molecular weight is 298 g/mol. The van der Waals surface area contributed by atoms with Crippen LogP contribution in [0.15, 0.2) is 24.3 Å². The van der Waals surface area contributed by atoms with Crippen molar-refractivity contribution >= 4 is 23.5 Å². The quantitative estimate of drug-likeness (QED) is 0.665. The maximum Gasteiger partial charge on any atom is 0.336 e. The third-order valence-corrected chi connectivity index (χ3v) is 3.00. The molecule has 0 aliphatic carbocycles. The largest absolute Gasteiger partial charge is 0.871 e. The van der Waals surface area contributed by atoms with Gasteiger partial charge in [0, 0.05) is 17.0 Å². The molecule has 0 saturated heterocycles. The first-order chi connectivity index (χ1) is 9.23. The lowest BCUT2D eigenvalue weighted by Gasteiger charge is -2.19. The van der Waals surface area contributed by atoms with Crippen LogP contribution in [0.4, 0.5) is 0 Å². The molecule has 108 valence electrons. The van der Waals surface area contributed by atoms with E-state index in [0.717, 1.165) is 6.07 Å². The number of rotatable bonds is 5. The summed E-state index contributed by atoms with van der Waals surface area (Å²) in [7, 11) is 0. The molecule has 1 atom stereocenters. The van der Waals surface area contributed by atoms with Gasteiger partial charge in [0.1, 0.15) is 6.10 Å². The molecule has 1 N–H and O–H groups in total. The number of esters is 1. The lowest BCUT2D eigenvalue weighted by molar-refractivity contribution is -0.268. The van der Waals surface area contributed by atoms with Crippen LogP contribution in [-0.2, 0) is 16.0 Å². The van der Waals surface area contributed by atoms with Gasteiger partial charge in [-0.1, -0.05) is 30.0 Å². The van der Waals surface area contributed by atoms with Crippen molar-refractivity contribution in [3.8, 4) is 5.75 Å². The van der Waals surface area contributed by atoms with Gasteiger partial charge in [-0.3, -0.25) is 0 Å². The molecule has 5 nitrogen and oxygen atoms in total. The summed E-state index contributed by atoms with van der Waals surface area (Å²) in [6.45, 7) is 6.53. The van der Waals surface area contributed by atoms with Crippen molar-refractivity contribution in [2.45, 2.75) is 26.4 Å². The Morgan fingerprint density at radius 2 is 2.10 bits per heavy atom. The highest BCUT2D eigenvalue weighted by Gasteiger charge is 2.18. The van der Waals surface area contributed by atoms with Crippen LogP contribution in [0.3, 0.4) is 0 Å². The van der Waals surface area contributed by atoms with Gasteiger partial charge >= 0.3 is 11.9 Å². The molecule has 1 rings (SSSR count). The lowest BCUT2D eigenvalue weighted by atomic mass is 10.0. The molecule has 0 fully saturated rings.